The number of nitrogens with zero attached hydrogens (tertiary/aromatic N) is 1. The number of nitrogens with one attached hydrogen (secondary N) is 2. The van der Waals surface area contributed by atoms with Crippen LogP contribution in [0.15, 0.2) is 48.5 Å². The Bertz CT molecular complexity index is 824. The summed E-state index contributed by atoms with van der Waals surface area (Å²) in [5, 5.41) is 6.31. The molecule has 2 aromatic rings. The number of hydrogen-bond donors (Lipinski definition) is 2. The van der Waals surface area contributed by atoms with Gasteiger partial charge in [-0.15, -0.1) is 0 Å². The number of carbonyl (C=O) groups is 2. The number of rotatable bonds is 5. The first kappa shape index (κ1) is 20.5. The fraction of sp³-hybridized carbons (Fsp3) is 0.333. The molecule has 3 rings (SSSR count). The predicted octanol–water partition coefficient (Wildman–Crippen LogP) is 4.74. The summed E-state index contributed by atoms with van der Waals surface area (Å²) in [6, 6.07) is 13.4. The highest BCUT2D eigenvalue weighted by Crippen LogP contribution is 2.25. The Morgan fingerprint density at radius 2 is 1.68 bits per heavy atom. The van der Waals surface area contributed by atoms with Crippen LogP contribution in [0.25, 0.3) is 0 Å². The molecule has 28 heavy (non-hydrogen) atoms. The molecule has 1 fully saturated rings. The number of likely N-dealkylation sites (tertiary alicyclic amines) is 1. The number of piperidine rings is 1. The largest absolute Gasteiger partial charge is 0.341 e. The number of hydrogen-bond acceptors (Lipinski definition) is 2. The Labute approximate surface area is 175 Å². The molecule has 5 nitrogen and oxygen atoms in total. The van der Waals surface area contributed by atoms with E-state index in [9.17, 15) is 9.59 Å². The molecule has 2 N–H and O–H groups in total. The van der Waals surface area contributed by atoms with Gasteiger partial charge < -0.3 is 15.5 Å². The van der Waals surface area contributed by atoms with Gasteiger partial charge in [0, 0.05) is 25.2 Å². The Morgan fingerprint density at radius 3 is 2.36 bits per heavy atom. The van der Waals surface area contributed by atoms with Gasteiger partial charge in [-0.1, -0.05) is 53.5 Å². The van der Waals surface area contributed by atoms with Crippen molar-refractivity contribution in [1.82, 2.24) is 10.2 Å². The summed E-state index contributed by atoms with van der Waals surface area (Å²) >= 11 is 11.9. The average molecular weight is 420 g/mol. The summed E-state index contributed by atoms with van der Waals surface area (Å²) in [5.74, 6) is -0.0483. The maximum Gasteiger partial charge on any atom is 0.319 e. The highest BCUT2D eigenvalue weighted by Gasteiger charge is 2.27. The Kier molecular flexibility index (Phi) is 7.18. The van der Waals surface area contributed by atoms with Gasteiger partial charge >= 0.3 is 6.03 Å². The van der Waals surface area contributed by atoms with Crippen molar-refractivity contribution in [3.05, 3.63) is 64.1 Å². The topological polar surface area (TPSA) is 61.4 Å². The summed E-state index contributed by atoms with van der Waals surface area (Å²) in [6.45, 7) is 1.47. The molecule has 148 valence electrons. The lowest BCUT2D eigenvalue weighted by Crippen LogP contribution is -2.52. The van der Waals surface area contributed by atoms with E-state index in [1.807, 2.05) is 35.2 Å². The molecule has 7 heteroatoms. The van der Waals surface area contributed by atoms with Crippen LogP contribution in [0.1, 0.15) is 24.8 Å². The molecule has 0 radical (unpaired) electrons. The van der Waals surface area contributed by atoms with Crippen molar-refractivity contribution >= 4 is 40.8 Å². The lowest BCUT2D eigenvalue weighted by molar-refractivity contribution is -0.134. The van der Waals surface area contributed by atoms with E-state index < -0.39 is 12.1 Å². The smallest absolute Gasteiger partial charge is 0.319 e. The van der Waals surface area contributed by atoms with E-state index in [1.54, 1.807) is 18.2 Å². The molecule has 1 atom stereocenters. The minimum atomic E-state index is -0.636. The first-order valence-corrected chi connectivity index (χ1v) is 10.1. The average Bonchev–Trinajstić information content (AvgIpc) is 2.71. The third-order valence-electron chi connectivity index (χ3n) is 4.73. The van der Waals surface area contributed by atoms with Gasteiger partial charge in [-0.25, -0.2) is 4.79 Å². The van der Waals surface area contributed by atoms with E-state index in [-0.39, 0.29) is 5.91 Å². The van der Waals surface area contributed by atoms with Crippen LogP contribution in [0.4, 0.5) is 10.5 Å². The van der Waals surface area contributed by atoms with Crippen LogP contribution in [0.3, 0.4) is 0 Å². The third kappa shape index (κ3) is 5.63. The minimum Gasteiger partial charge on any atom is -0.341 e. The zero-order chi connectivity index (χ0) is 19.9. The summed E-state index contributed by atoms with van der Waals surface area (Å²) < 4.78 is 0. The second kappa shape index (κ2) is 9.80. The van der Waals surface area contributed by atoms with Crippen LogP contribution in [-0.4, -0.2) is 36.0 Å². The van der Waals surface area contributed by atoms with Crippen LogP contribution in [0.5, 0.6) is 0 Å². The molecule has 1 aliphatic rings. The molecule has 0 bridgehead atoms. The van der Waals surface area contributed by atoms with Crippen molar-refractivity contribution in [2.75, 3.05) is 18.4 Å². The van der Waals surface area contributed by atoms with Crippen LogP contribution in [-0.2, 0) is 11.2 Å². The normalized spacial score (nSPS) is 15.0. The van der Waals surface area contributed by atoms with Crippen molar-refractivity contribution in [3.63, 3.8) is 0 Å². The van der Waals surface area contributed by atoms with Crippen molar-refractivity contribution < 1.29 is 9.59 Å². The second-order valence-electron chi connectivity index (χ2n) is 6.86. The number of urea groups is 1. The van der Waals surface area contributed by atoms with Gasteiger partial charge in [0.1, 0.15) is 6.04 Å². The van der Waals surface area contributed by atoms with Crippen LogP contribution >= 0.6 is 23.2 Å². The SMILES string of the molecule is O=C(Nc1ccc(Cl)c(Cl)c1)NC(Cc1ccccc1)C(=O)N1CCCCC1. The van der Waals surface area contributed by atoms with Gasteiger partial charge in [-0.05, 0) is 43.0 Å². The molecule has 1 saturated heterocycles. The fourth-order valence-electron chi connectivity index (χ4n) is 3.28. The molecular formula is C21H23Cl2N3O2. The molecule has 1 unspecified atom stereocenters. The van der Waals surface area contributed by atoms with Gasteiger partial charge in [0.2, 0.25) is 5.91 Å². The number of carbonyl (C=O) groups excluding carboxylic acids is 2. The Hall–Kier alpha value is -2.24. The van der Waals surface area contributed by atoms with Gasteiger partial charge in [0.25, 0.3) is 0 Å². The van der Waals surface area contributed by atoms with Crippen LogP contribution in [0, 0.1) is 0 Å². The van der Waals surface area contributed by atoms with Gasteiger partial charge in [-0.2, -0.15) is 0 Å². The van der Waals surface area contributed by atoms with E-state index in [4.69, 9.17) is 23.2 Å². The molecule has 0 spiro atoms. The predicted molar refractivity (Wildman–Crippen MR) is 113 cm³/mol. The minimum absolute atomic E-state index is 0.0483. The van der Waals surface area contributed by atoms with Crippen molar-refractivity contribution in [2.24, 2.45) is 0 Å². The van der Waals surface area contributed by atoms with Crippen molar-refractivity contribution in [3.8, 4) is 0 Å². The summed E-state index contributed by atoms with van der Waals surface area (Å²) in [5.41, 5.74) is 1.50. The van der Waals surface area contributed by atoms with Gasteiger partial charge in [0.05, 0.1) is 10.0 Å². The summed E-state index contributed by atoms with van der Waals surface area (Å²) in [7, 11) is 0. The van der Waals surface area contributed by atoms with Gasteiger partial charge in [-0.3, -0.25) is 4.79 Å². The first-order chi connectivity index (χ1) is 13.5. The first-order valence-electron chi connectivity index (χ1n) is 9.38. The third-order valence-corrected chi connectivity index (χ3v) is 5.47. The molecule has 0 aliphatic carbocycles. The number of anilines is 1. The van der Waals surface area contributed by atoms with Gasteiger partial charge in [0.15, 0.2) is 0 Å². The highest BCUT2D eigenvalue weighted by molar-refractivity contribution is 6.42. The second-order valence-corrected chi connectivity index (χ2v) is 7.67. The van der Waals surface area contributed by atoms with E-state index in [0.29, 0.717) is 22.2 Å². The lowest BCUT2D eigenvalue weighted by atomic mass is 10.0. The molecule has 0 saturated carbocycles. The van der Waals surface area contributed by atoms with Crippen molar-refractivity contribution in [1.29, 1.82) is 0 Å². The summed E-state index contributed by atoms with van der Waals surface area (Å²) in [6.07, 6.45) is 3.57. The molecule has 2 aromatic carbocycles. The molecule has 0 aromatic heterocycles. The Balaban J connectivity index is 1.70. The zero-order valence-corrected chi connectivity index (χ0v) is 17.0. The zero-order valence-electron chi connectivity index (χ0n) is 15.5. The monoisotopic (exact) mass is 419 g/mol. The van der Waals surface area contributed by atoms with Crippen LogP contribution in [0.2, 0.25) is 10.0 Å². The van der Waals surface area contributed by atoms with Crippen LogP contribution < -0.4 is 10.6 Å². The molecule has 1 heterocycles. The van der Waals surface area contributed by atoms with E-state index >= 15 is 0 Å². The lowest BCUT2D eigenvalue weighted by Gasteiger charge is -2.31. The molecule has 1 aliphatic heterocycles. The highest BCUT2D eigenvalue weighted by atomic mass is 35.5. The standard InChI is InChI=1S/C21H23Cl2N3O2/c22-17-10-9-16(14-18(17)23)24-21(28)25-19(13-15-7-3-1-4-8-15)20(27)26-11-5-2-6-12-26/h1,3-4,7-10,14,19H,2,5-6,11-13H2,(H2,24,25,28). The quantitative estimate of drug-likeness (QED) is 0.734. The fourth-order valence-corrected chi connectivity index (χ4v) is 3.58. The maximum atomic E-state index is 13.0. The number of halogens is 2. The number of benzene rings is 2. The molecular weight excluding hydrogens is 397 g/mol. The van der Waals surface area contributed by atoms with Crippen molar-refractivity contribution in [2.45, 2.75) is 31.7 Å². The number of amides is 3. The Morgan fingerprint density at radius 1 is 0.964 bits per heavy atom. The molecule has 3 amide bonds. The summed E-state index contributed by atoms with van der Waals surface area (Å²) in [4.78, 5) is 27.4. The van der Waals surface area contributed by atoms with E-state index in [2.05, 4.69) is 10.6 Å². The van der Waals surface area contributed by atoms with E-state index in [0.717, 1.165) is 37.9 Å². The maximum absolute atomic E-state index is 13.0. The van der Waals surface area contributed by atoms with E-state index in [1.165, 1.54) is 0 Å².